The van der Waals surface area contributed by atoms with Gasteiger partial charge in [0.15, 0.2) is 0 Å². The van der Waals surface area contributed by atoms with Crippen molar-refractivity contribution in [1.82, 2.24) is 5.32 Å². The van der Waals surface area contributed by atoms with Crippen LogP contribution in [-0.4, -0.2) is 17.6 Å². The Morgan fingerprint density at radius 3 is 2.56 bits per heavy atom. The van der Waals surface area contributed by atoms with E-state index in [4.69, 9.17) is 5.11 Å². The summed E-state index contributed by atoms with van der Waals surface area (Å²) in [5, 5.41) is 12.0. The molecule has 0 radical (unpaired) electrons. The third-order valence-corrected chi connectivity index (χ3v) is 3.60. The van der Waals surface area contributed by atoms with E-state index >= 15 is 0 Å². The number of benzene rings is 1. The van der Waals surface area contributed by atoms with Crippen LogP contribution in [0.5, 0.6) is 5.75 Å². The largest absolute Gasteiger partial charge is 0.508 e. The summed E-state index contributed by atoms with van der Waals surface area (Å²) in [5.74, 6) is 0.240. The highest BCUT2D eigenvalue weighted by Gasteiger charge is 2.06. The number of hydrogen-bond acceptors (Lipinski definition) is 3. The van der Waals surface area contributed by atoms with Gasteiger partial charge in [0.1, 0.15) is 5.75 Å². The van der Waals surface area contributed by atoms with E-state index in [1.165, 1.54) is 11.3 Å². The van der Waals surface area contributed by atoms with Gasteiger partial charge in [0.25, 0.3) is 5.91 Å². The molecule has 0 spiro atoms. The maximum atomic E-state index is 11.8. The van der Waals surface area contributed by atoms with E-state index in [1.807, 2.05) is 31.2 Å². The van der Waals surface area contributed by atoms with Gasteiger partial charge in [-0.15, -0.1) is 11.3 Å². The van der Waals surface area contributed by atoms with Crippen molar-refractivity contribution in [2.24, 2.45) is 0 Å². The van der Waals surface area contributed by atoms with Crippen LogP contribution in [0.15, 0.2) is 36.4 Å². The fraction of sp³-hybridized carbons (Fsp3) is 0.214. The Labute approximate surface area is 110 Å². The van der Waals surface area contributed by atoms with E-state index in [1.54, 1.807) is 12.1 Å². The molecule has 1 aromatic carbocycles. The fourth-order valence-electron chi connectivity index (χ4n) is 1.63. The minimum absolute atomic E-state index is 0.0214. The molecule has 2 N–H and O–H groups in total. The van der Waals surface area contributed by atoms with Crippen LogP contribution in [0, 0.1) is 6.92 Å². The van der Waals surface area contributed by atoms with E-state index in [0.29, 0.717) is 6.54 Å². The Morgan fingerprint density at radius 1 is 1.22 bits per heavy atom. The number of phenols is 1. The first-order valence-corrected chi connectivity index (χ1v) is 6.59. The molecule has 0 saturated heterocycles. The van der Waals surface area contributed by atoms with Gasteiger partial charge in [-0.05, 0) is 43.2 Å². The predicted molar refractivity (Wildman–Crippen MR) is 73.2 cm³/mol. The van der Waals surface area contributed by atoms with Crippen LogP contribution < -0.4 is 5.32 Å². The maximum Gasteiger partial charge on any atom is 0.261 e. The summed E-state index contributed by atoms with van der Waals surface area (Å²) in [6.45, 7) is 2.58. The van der Waals surface area contributed by atoms with E-state index in [2.05, 4.69) is 5.32 Å². The smallest absolute Gasteiger partial charge is 0.261 e. The molecule has 1 aromatic heterocycles. The fourth-order valence-corrected chi connectivity index (χ4v) is 2.41. The number of amides is 1. The van der Waals surface area contributed by atoms with Crippen molar-refractivity contribution in [2.75, 3.05) is 6.54 Å². The lowest BCUT2D eigenvalue weighted by Gasteiger charge is -2.04. The Bertz CT molecular complexity index is 531. The summed E-state index contributed by atoms with van der Waals surface area (Å²) >= 11 is 1.50. The van der Waals surface area contributed by atoms with Crippen LogP contribution in [0.25, 0.3) is 0 Å². The number of rotatable bonds is 4. The van der Waals surface area contributed by atoms with Crippen molar-refractivity contribution in [3.8, 4) is 5.75 Å². The molecule has 0 atom stereocenters. The molecular weight excluding hydrogens is 246 g/mol. The third kappa shape index (κ3) is 3.34. The molecule has 1 amide bonds. The molecule has 2 aromatic rings. The first-order valence-electron chi connectivity index (χ1n) is 5.78. The summed E-state index contributed by atoms with van der Waals surface area (Å²) in [4.78, 5) is 13.6. The van der Waals surface area contributed by atoms with Gasteiger partial charge >= 0.3 is 0 Å². The summed E-state index contributed by atoms with van der Waals surface area (Å²) < 4.78 is 0. The maximum absolute atomic E-state index is 11.8. The standard InChI is InChI=1S/C14H15NO2S/c1-10-2-7-13(18-10)14(17)15-9-8-11-3-5-12(16)6-4-11/h2-7,16H,8-9H2,1H3,(H,15,17). The normalized spacial score (nSPS) is 10.3. The lowest BCUT2D eigenvalue weighted by atomic mass is 10.1. The van der Waals surface area contributed by atoms with Crippen LogP contribution in [0.1, 0.15) is 20.1 Å². The van der Waals surface area contributed by atoms with Gasteiger partial charge in [-0.1, -0.05) is 12.1 Å². The summed E-state index contributed by atoms with van der Waals surface area (Å²) in [6, 6.07) is 10.8. The van der Waals surface area contributed by atoms with Crippen molar-refractivity contribution < 1.29 is 9.90 Å². The number of aromatic hydroxyl groups is 1. The van der Waals surface area contributed by atoms with Crippen LogP contribution in [0.3, 0.4) is 0 Å². The lowest BCUT2D eigenvalue weighted by Crippen LogP contribution is -2.24. The van der Waals surface area contributed by atoms with Gasteiger partial charge in [0, 0.05) is 11.4 Å². The minimum atomic E-state index is -0.0214. The number of phenolic OH excluding ortho intramolecular Hbond substituents is 1. The van der Waals surface area contributed by atoms with E-state index in [0.717, 1.165) is 21.7 Å². The zero-order chi connectivity index (χ0) is 13.0. The highest BCUT2D eigenvalue weighted by Crippen LogP contribution is 2.14. The summed E-state index contributed by atoms with van der Waals surface area (Å²) in [7, 11) is 0. The molecule has 94 valence electrons. The molecule has 0 saturated carbocycles. The Hall–Kier alpha value is -1.81. The number of carbonyl (C=O) groups excluding carboxylic acids is 1. The zero-order valence-electron chi connectivity index (χ0n) is 10.1. The number of aryl methyl sites for hydroxylation is 1. The summed E-state index contributed by atoms with van der Waals surface area (Å²) in [6.07, 6.45) is 0.760. The molecule has 0 aliphatic rings. The number of thiophene rings is 1. The highest BCUT2D eigenvalue weighted by molar-refractivity contribution is 7.13. The molecule has 0 fully saturated rings. The highest BCUT2D eigenvalue weighted by atomic mass is 32.1. The molecule has 18 heavy (non-hydrogen) atoms. The zero-order valence-corrected chi connectivity index (χ0v) is 11.0. The quantitative estimate of drug-likeness (QED) is 0.889. The van der Waals surface area contributed by atoms with Crippen molar-refractivity contribution in [2.45, 2.75) is 13.3 Å². The van der Waals surface area contributed by atoms with Crippen LogP contribution in [0.2, 0.25) is 0 Å². The van der Waals surface area contributed by atoms with Crippen LogP contribution in [0.4, 0.5) is 0 Å². The van der Waals surface area contributed by atoms with Crippen molar-refractivity contribution >= 4 is 17.2 Å². The van der Waals surface area contributed by atoms with Gasteiger partial charge < -0.3 is 10.4 Å². The van der Waals surface area contributed by atoms with Gasteiger partial charge in [0.2, 0.25) is 0 Å². The Kier molecular flexibility index (Phi) is 3.99. The molecular formula is C14H15NO2S. The van der Waals surface area contributed by atoms with Crippen molar-refractivity contribution in [3.05, 3.63) is 51.7 Å². The molecule has 1 heterocycles. The molecule has 3 nitrogen and oxygen atoms in total. The number of nitrogens with one attached hydrogen (secondary N) is 1. The predicted octanol–water partition coefficient (Wildman–Crippen LogP) is 2.73. The monoisotopic (exact) mass is 261 g/mol. The number of carbonyl (C=O) groups is 1. The Balaban J connectivity index is 1.82. The van der Waals surface area contributed by atoms with Gasteiger partial charge in [-0.3, -0.25) is 4.79 Å². The second kappa shape index (κ2) is 5.69. The van der Waals surface area contributed by atoms with Crippen LogP contribution in [-0.2, 0) is 6.42 Å². The second-order valence-electron chi connectivity index (χ2n) is 4.08. The first kappa shape index (κ1) is 12.6. The average Bonchev–Trinajstić information content (AvgIpc) is 2.78. The summed E-state index contributed by atoms with van der Waals surface area (Å²) in [5.41, 5.74) is 1.09. The Morgan fingerprint density at radius 2 is 1.94 bits per heavy atom. The first-order chi connectivity index (χ1) is 8.65. The minimum Gasteiger partial charge on any atom is -0.508 e. The van der Waals surface area contributed by atoms with Gasteiger partial charge in [-0.2, -0.15) is 0 Å². The third-order valence-electron chi connectivity index (χ3n) is 2.60. The number of hydrogen-bond donors (Lipinski definition) is 2. The van der Waals surface area contributed by atoms with E-state index in [9.17, 15) is 4.79 Å². The molecule has 0 unspecified atom stereocenters. The van der Waals surface area contributed by atoms with Crippen molar-refractivity contribution in [1.29, 1.82) is 0 Å². The average molecular weight is 261 g/mol. The second-order valence-corrected chi connectivity index (χ2v) is 5.37. The molecule has 0 aliphatic heterocycles. The topological polar surface area (TPSA) is 49.3 Å². The van der Waals surface area contributed by atoms with Gasteiger partial charge in [-0.25, -0.2) is 0 Å². The molecule has 0 bridgehead atoms. The van der Waals surface area contributed by atoms with E-state index in [-0.39, 0.29) is 11.7 Å². The van der Waals surface area contributed by atoms with Crippen LogP contribution >= 0.6 is 11.3 Å². The van der Waals surface area contributed by atoms with E-state index < -0.39 is 0 Å². The SMILES string of the molecule is Cc1ccc(C(=O)NCCc2ccc(O)cc2)s1. The molecule has 2 rings (SSSR count). The van der Waals surface area contributed by atoms with Gasteiger partial charge in [0.05, 0.1) is 4.88 Å². The molecule has 4 heteroatoms. The van der Waals surface area contributed by atoms with Crippen molar-refractivity contribution in [3.63, 3.8) is 0 Å². The lowest BCUT2D eigenvalue weighted by molar-refractivity contribution is 0.0958. The molecule has 0 aliphatic carbocycles.